The first kappa shape index (κ1) is 12.3. The van der Waals surface area contributed by atoms with Gasteiger partial charge >= 0.3 is 5.97 Å². The Labute approximate surface area is 104 Å². The van der Waals surface area contributed by atoms with Crippen LogP contribution in [0, 0.1) is 0 Å². The standard InChI is InChI=1S/C11H14N4O3/c1-14-7-8(6-12-14)4-5-15-10(16)3-2-9(13-15)11(17)18/h6-7H,2-5H2,1H3,(H,17,18). The maximum absolute atomic E-state index is 11.6. The highest BCUT2D eigenvalue weighted by molar-refractivity contribution is 6.36. The van der Waals surface area contributed by atoms with E-state index in [2.05, 4.69) is 10.2 Å². The number of nitrogens with zero attached hydrogens (tertiary/aromatic N) is 4. The summed E-state index contributed by atoms with van der Waals surface area (Å²) in [5.41, 5.74) is 1.03. The molecule has 2 heterocycles. The van der Waals surface area contributed by atoms with Gasteiger partial charge in [-0.1, -0.05) is 0 Å². The Morgan fingerprint density at radius 2 is 2.28 bits per heavy atom. The molecule has 0 radical (unpaired) electrons. The first-order chi connectivity index (χ1) is 8.56. The number of aromatic nitrogens is 2. The number of aryl methyl sites for hydroxylation is 1. The lowest BCUT2D eigenvalue weighted by atomic mass is 10.1. The molecule has 0 saturated carbocycles. The smallest absolute Gasteiger partial charge is 0.352 e. The van der Waals surface area contributed by atoms with Crippen LogP contribution in [-0.2, 0) is 23.1 Å². The number of carbonyl (C=O) groups excluding carboxylic acids is 1. The Kier molecular flexibility index (Phi) is 3.40. The van der Waals surface area contributed by atoms with Gasteiger partial charge in [0.05, 0.1) is 6.20 Å². The second kappa shape index (κ2) is 4.99. The lowest BCUT2D eigenvalue weighted by Gasteiger charge is -2.21. The van der Waals surface area contributed by atoms with Gasteiger partial charge in [-0.05, 0) is 12.0 Å². The lowest BCUT2D eigenvalue weighted by molar-refractivity contribution is -0.132. The van der Waals surface area contributed by atoms with E-state index < -0.39 is 5.97 Å². The number of amides is 1. The first-order valence-corrected chi connectivity index (χ1v) is 5.65. The van der Waals surface area contributed by atoms with Crippen molar-refractivity contribution >= 4 is 17.6 Å². The second-order valence-corrected chi connectivity index (χ2v) is 4.14. The highest BCUT2D eigenvalue weighted by Crippen LogP contribution is 2.10. The van der Waals surface area contributed by atoms with Gasteiger partial charge in [0.15, 0.2) is 0 Å². The first-order valence-electron chi connectivity index (χ1n) is 5.65. The van der Waals surface area contributed by atoms with Crippen molar-refractivity contribution in [2.75, 3.05) is 6.54 Å². The van der Waals surface area contributed by atoms with Gasteiger partial charge in [-0.3, -0.25) is 9.48 Å². The van der Waals surface area contributed by atoms with E-state index in [1.165, 1.54) is 5.01 Å². The molecule has 1 N–H and O–H groups in total. The summed E-state index contributed by atoms with van der Waals surface area (Å²) in [5, 5.41) is 18.0. The van der Waals surface area contributed by atoms with Crippen molar-refractivity contribution in [1.82, 2.24) is 14.8 Å². The number of hydrazone groups is 1. The topological polar surface area (TPSA) is 87.8 Å². The van der Waals surface area contributed by atoms with Crippen molar-refractivity contribution in [3.8, 4) is 0 Å². The third-order valence-corrected chi connectivity index (χ3v) is 2.72. The molecule has 1 aromatic rings. The number of hydrogen-bond acceptors (Lipinski definition) is 4. The molecular weight excluding hydrogens is 236 g/mol. The highest BCUT2D eigenvalue weighted by Gasteiger charge is 2.23. The van der Waals surface area contributed by atoms with Gasteiger partial charge in [-0.2, -0.15) is 10.2 Å². The second-order valence-electron chi connectivity index (χ2n) is 4.14. The molecule has 0 spiro atoms. The monoisotopic (exact) mass is 250 g/mol. The Hall–Kier alpha value is -2.18. The molecule has 0 saturated heterocycles. The molecule has 1 aliphatic rings. The summed E-state index contributed by atoms with van der Waals surface area (Å²) in [6.07, 6.45) is 4.60. The SMILES string of the molecule is Cn1cc(CCN2N=C(C(=O)O)CCC2=O)cn1. The Morgan fingerprint density at radius 3 is 2.89 bits per heavy atom. The largest absolute Gasteiger partial charge is 0.477 e. The predicted molar refractivity (Wildman–Crippen MR) is 62.9 cm³/mol. The van der Waals surface area contributed by atoms with E-state index in [4.69, 9.17) is 5.11 Å². The van der Waals surface area contributed by atoms with Crippen LogP contribution < -0.4 is 0 Å². The van der Waals surface area contributed by atoms with Crippen molar-refractivity contribution in [2.45, 2.75) is 19.3 Å². The number of carboxylic acid groups (broad SMARTS) is 1. The van der Waals surface area contributed by atoms with Crippen LogP contribution >= 0.6 is 0 Å². The molecule has 0 unspecified atom stereocenters. The van der Waals surface area contributed by atoms with Crippen LogP contribution in [0.15, 0.2) is 17.5 Å². The third kappa shape index (κ3) is 2.73. The number of carboxylic acids is 1. The van der Waals surface area contributed by atoms with Crippen molar-refractivity contribution in [1.29, 1.82) is 0 Å². The molecule has 18 heavy (non-hydrogen) atoms. The van der Waals surface area contributed by atoms with Crippen LogP contribution in [0.1, 0.15) is 18.4 Å². The lowest BCUT2D eigenvalue weighted by Crippen LogP contribution is -2.35. The van der Waals surface area contributed by atoms with Crippen LogP contribution in [0.4, 0.5) is 0 Å². The van der Waals surface area contributed by atoms with Gasteiger partial charge in [0, 0.05) is 32.6 Å². The molecule has 0 atom stereocenters. The Bertz CT molecular complexity index is 506. The molecule has 0 aliphatic carbocycles. The van der Waals surface area contributed by atoms with Gasteiger partial charge in [-0.15, -0.1) is 0 Å². The molecule has 7 nitrogen and oxygen atoms in total. The van der Waals surface area contributed by atoms with Crippen LogP contribution in [0.3, 0.4) is 0 Å². The maximum Gasteiger partial charge on any atom is 0.352 e. The van der Waals surface area contributed by atoms with E-state index in [1.807, 2.05) is 13.2 Å². The highest BCUT2D eigenvalue weighted by atomic mass is 16.4. The number of carbonyl (C=O) groups is 2. The van der Waals surface area contributed by atoms with Crippen LogP contribution in [0.25, 0.3) is 0 Å². The van der Waals surface area contributed by atoms with Crippen LogP contribution in [-0.4, -0.2) is 44.0 Å². The molecular formula is C11H14N4O3. The zero-order valence-corrected chi connectivity index (χ0v) is 10.0. The fraction of sp³-hybridized carbons (Fsp3) is 0.455. The molecule has 0 aromatic carbocycles. The van der Waals surface area contributed by atoms with Crippen LogP contribution in [0.2, 0.25) is 0 Å². The summed E-state index contributed by atoms with van der Waals surface area (Å²) < 4.78 is 1.68. The minimum absolute atomic E-state index is 0.0424. The van der Waals surface area contributed by atoms with Gasteiger partial charge < -0.3 is 5.11 Å². The van der Waals surface area contributed by atoms with E-state index in [1.54, 1.807) is 10.9 Å². The normalized spacial score (nSPS) is 15.7. The molecule has 1 aromatic heterocycles. The average molecular weight is 250 g/mol. The molecule has 96 valence electrons. The summed E-state index contributed by atoms with van der Waals surface area (Å²) in [6, 6.07) is 0. The summed E-state index contributed by atoms with van der Waals surface area (Å²) >= 11 is 0. The fourth-order valence-electron chi connectivity index (χ4n) is 1.77. The third-order valence-electron chi connectivity index (χ3n) is 2.72. The van der Waals surface area contributed by atoms with E-state index in [0.717, 1.165) is 5.56 Å². The van der Waals surface area contributed by atoms with Crippen molar-refractivity contribution < 1.29 is 14.7 Å². The molecule has 1 amide bonds. The van der Waals surface area contributed by atoms with E-state index in [0.29, 0.717) is 13.0 Å². The molecule has 2 rings (SSSR count). The average Bonchev–Trinajstić information content (AvgIpc) is 2.74. The summed E-state index contributed by atoms with van der Waals surface area (Å²) in [5.74, 6) is -1.20. The number of aliphatic carboxylic acids is 1. The minimum Gasteiger partial charge on any atom is -0.477 e. The van der Waals surface area contributed by atoms with Gasteiger partial charge in [0.25, 0.3) is 0 Å². The predicted octanol–water partition coefficient (Wildman–Crippen LogP) is 0.0256. The molecule has 0 bridgehead atoms. The van der Waals surface area contributed by atoms with Gasteiger partial charge in [-0.25, -0.2) is 9.80 Å². The minimum atomic E-state index is -1.06. The zero-order chi connectivity index (χ0) is 13.1. The van der Waals surface area contributed by atoms with E-state index >= 15 is 0 Å². The van der Waals surface area contributed by atoms with E-state index in [-0.39, 0.29) is 24.5 Å². The zero-order valence-electron chi connectivity index (χ0n) is 10.0. The molecule has 0 fully saturated rings. The van der Waals surface area contributed by atoms with Crippen molar-refractivity contribution in [3.05, 3.63) is 18.0 Å². The number of hydrogen-bond donors (Lipinski definition) is 1. The van der Waals surface area contributed by atoms with Crippen molar-refractivity contribution in [2.24, 2.45) is 12.1 Å². The Balaban J connectivity index is 2.01. The van der Waals surface area contributed by atoms with Crippen molar-refractivity contribution in [3.63, 3.8) is 0 Å². The molecule has 1 aliphatic heterocycles. The van der Waals surface area contributed by atoms with Gasteiger partial charge in [0.1, 0.15) is 5.71 Å². The fourth-order valence-corrected chi connectivity index (χ4v) is 1.77. The summed E-state index contributed by atoms with van der Waals surface area (Å²) in [4.78, 5) is 22.4. The van der Waals surface area contributed by atoms with E-state index in [9.17, 15) is 9.59 Å². The quantitative estimate of drug-likeness (QED) is 0.816. The van der Waals surface area contributed by atoms with Crippen LogP contribution in [0.5, 0.6) is 0 Å². The summed E-state index contributed by atoms with van der Waals surface area (Å²) in [6.45, 7) is 0.376. The van der Waals surface area contributed by atoms with Gasteiger partial charge in [0.2, 0.25) is 5.91 Å². The molecule has 7 heteroatoms. The Morgan fingerprint density at radius 1 is 1.50 bits per heavy atom. The summed E-state index contributed by atoms with van der Waals surface area (Å²) in [7, 11) is 1.82. The maximum atomic E-state index is 11.6. The number of rotatable bonds is 4.